The van der Waals surface area contributed by atoms with Crippen LogP contribution in [0.4, 0.5) is 11.6 Å². The summed E-state index contributed by atoms with van der Waals surface area (Å²) in [6.07, 6.45) is 7.61. The number of anilines is 2. The molecule has 1 aliphatic rings. The smallest absolute Gasteiger partial charge is 0.257 e. The maximum Gasteiger partial charge on any atom is 0.257 e. The van der Waals surface area contributed by atoms with Crippen LogP contribution < -0.4 is 5.32 Å². The molecule has 5 heteroatoms. The van der Waals surface area contributed by atoms with Gasteiger partial charge in [-0.2, -0.15) is 0 Å². The molecule has 1 aromatic carbocycles. The van der Waals surface area contributed by atoms with E-state index in [4.69, 9.17) is 0 Å². The van der Waals surface area contributed by atoms with Crippen LogP contribution in [-0.2, 0) is 0 Å². The van der Waals surface area contributed by atoms with Crippen LogP contribution in [0.15, 0.2) is 42.7 Å². The van der Waals surface area contributed by atoms with E-state index in [2.05, 4.69) is 22.2 Å². The summed E-state index contributed by atoms with van der Waals surface area (Å²) in [5.74, 6) is 0.543. The third-order valence-electron chi connectivity index (χ3n) is 4.29. The number of aromatic nitrogens is 2. The molecule has 0 spiro atoms. The molecule has 1 aliphatic heterocycles. The summed E-state index contributed by atoms with van der Waals surface area (Å²) in [7, 11) is 0. The number of likely N-dealkylation sites (tertiary alicyclic amines) is 1. The number of para-hydroxylation sites is 1. The van der Waals surface area contributed by atoms with Gasteiger partial charge in [0.15, 0.2) is 0 Å². The van der Waals surface area contributed by atoms with E-state index in [0.717, 1.165) is 31.5 Å². The molecule has 120 valence electrons. The first-order valence-corrected chi connectivity index (χ1v) is 8.23. The molecule has 1 N–H and O–H groups in total. The van der Waals surface area contributed by atoms with Gasteiger partial charge in [-0.25, -0.2) is 9.97 Å². The van der Waals surface area contributed by atoms with Gasteiger partial charge in [-0.1, -0.05) is 25.1 Å². The highest BCUT2D eigenvalue weighted by molar-refractivity contribution is 5.94. The van der Waals surface area contributed by atoms with Crippen LogP contribution in [0.3, 0.4) is 0 Å². The third kappa shape index (κ3) is 3.67. The van der Waals surface area contributed by atoms with Gasteiger partial charge in [0.05, 0.1) is 5.56 Å². The number of amides is 1. The maximum absolute atomic E-state index is 12.7. The molecule has 1 unspecified atom stereocenters. The lowest BCUT2D eigenvalue weighted by Crippen LogP contribution is -2.43. The lowest BCUT2D eigenvalue weighted by Gasteiger charge is -2.35. The van der Waals surface area contributed by atoms with Gasteiger partial charge in [0.1, 0.15) is 0 Å². The number of piperidine rings is 1. The summed E-state index contributed by atoms with van der Waals surface area (Å²) < 4.78 is 0. The summed E-state index contributed by atoms with van der Waals surface area (Å²) >= 11 is 0. The highest BCUT2D eigenvalue weighted by Gasteiger charge is 2.26. The van der Waals surface area contributed by atoms with Crippen LogP contribution in [0.25, 0.3) is 0 Å². The molecule has 1 atom stereocenters. The van der Waals surface area contributed by atoms with E-state index in [9.17, 15) is 4.79 Å². The first-order valence-electron chi connectivity index (χ1n) is 8.23. The summed E-state index contributed by atoms with van der Waals surface area (Å²) in [6.45, 7) is 2.97. The quantitative estimate of drug-likeness (QED) is 0.937. The zero-order valence-electron chi connectivity index (χ0n) is 13.4. The largest absolute Gasteiger partial charge is 0.336 e. The fraction of sp³-hybridized carbons (Fsp3) is 0.389. The predicted molar refractivity (Wildman–Crippen MR) is 90.7 cm³/mol. The van der Waals surface area contributed by atoms with Crippen molar-refractivity contribution in [2.24, 2.45) is 0 Å². The van der Waals surface area contributed by atoms with Crippen molar-refractivity contribution in [1.82, 2.24) is 14.9 Å². The SMILES string of the molecule is CCC1CCCCN1C(=O)c1cnc(Nc2ccccc2)nc1. The van der Waals surface area contributed by atoms with E-state index in [1.165, 1.54) is 6.42 Å². The Morgan fingerprint density at radius 1 is 1.22 bits per heavy atom. The normalized spacial score (nSPS) is 17.8. The number of nitrogens with zero attached hydrogens (tertiary/aromatic N) is 3. The fourth-order valence-corrected chi connectivity index (χ4v) is 3.01. The maximum atomic E-state index is 12.7. The minimum atomic E-state index is 0.0443. The summed E-state index contributed by atoms with van der Waals surface area (Å²) in [5, 5.41) is 3.12. The van der Waals surface area contributed by atoms with Gasteiger partial charge in [0, 0.05) is 30.7 Å². The summed E-state index contributed by atoms with van der Waals surface area (Å²) in [5.41, 5.74) is 1.48. The Morgan fingerprint density at radius 3 is 2.65 bits per heavy atom. The van der Waals surface area contributed by atoms with Crippen LogP contribution in [0.2, 0.25) is 0 Å². The second-order valence-corrected chi connectivity index (χ2v) is 5.84. The molecule has 1 amide bonds. The van der Waals surface area contributed by atoms with Crippen molar-refractivity contribution in [3.05, 3.63) is 48.3 Å². The van der Waals surface area contributed by atoms with Crippen LogP contribution in [0.1, 0.15) is 43.0 Å². The van der Waals surface area contributed by atoms with Gasteiger partial charge in [-0.3, -0.25) is 4.79 Å². The van der Waals surface area contributed by atoms with Crippen LogP contribution in [0.5, 0.6) is 0 Å². The topological polar surface area (TPSA) is 58.1 Å². The molecular weight excluding hydrogens is 288 g/mol. The lowest BCUT2D eigenvalue weighted by molar-refractivity contribution is 0.0607. The Hall–Kier alpha value is -2.43. The Kier molecular flexibility index (Phi) is 4.86. The molecule has 0 radical (unpaired) electrons. The summed E-state index contributed by atoms with van der Waals surface area (Å²) in [6, 6.07) is 10.1. The minimum Gasteiger partial charge on any atom is -0.336 e. The van der Waals surface area contributed by atoms with Crippen LogP contribution >= 0.6 is 0 Å². The Labute approximate surface area is 136 Å². The van der Waals surface area contributed by atoms with Gasteiger partial charge in [-0.15, -0.1) is 0 Å². The van der Waals surface area contributed by atoms with Gasteiger partial charge in [0.25, 0.3) is 5.91 Å². The minimum absolute atomic E-state index is 0.0443. The number of hydrogen-bond acceptors (Lipinski definition) is 4. The van der Waals surface area contributed by atoms with Gasteiger partial charge < -0.3 is 10.2 Å². The first-order chi connectivity index (χ1) is 11.3. The van der Waals surface area contributed by atoms with Gasteiger partial charge in [0.2, 0.25) is 5.95 Å². The van der Waals surface area contributed by atoms with Gasteiger partial charge >= 0.3 is 0 Å². The average molecular weight is 310 g/mol. The highest BCUT2D eigenvalue weighted by Crippen LogP contribution is 2.21. The number of carbonyl (C=O) groups excluding carboxylic acids is 1. The molecule has 1 aromatic heterocycles. The van der Waals surface area contributed by atoms with Crippen molar-refractivity contribution < 1.29 is 4.79 Å². The van der Waals surface area contributed by atoms with E-state index in [1.54, 1.807) is 12.4 Å². The first kappa shape index (κ1) is 15.5. The Balaban J connectivity index is 1.70. The van der Waals surface area contributed by atoms with Crippen LogP contribution in [0, 0.1) is 0 Å². The molecule has 0 bridgehead atoms. The lowest BCUT2D eigenvalue weighted by atomic mass is 9.99. The number of rotatable bonds is 4. The van der Waals surface area contributed by atoms with Crippen molar-refractivity contribution in [3.63, 3.8) is 0 Å². The second kappa shape index (κ2) is 7.22. The second-order valence-electron chi connectivity index (χ2n) is 5.84. The third-order valence-corrected chi connectivity index (χ3v) is 4.29. The number of benzene rings is 1. The molecule has 2 heterocycles. The standard InChI is InChI=1S/C18H22N4O/c1-2-16-10-6-7-11-22(16)17(23)14-12-19-18(20-13-14)21-15-8-4-3-5-9-15/h3-5,8-9,12-13,16H,2,6-7,10-11H2,1H3,(H,19,20,21). The molecule has 0 saturated carbocycles. The molecule has 3 rings (SSSR count). The van der Waals surface area contributed by atoms with Crippen molar-refractivity contribution in [3.8, 4) is 0 Å². The number of hydrogen-bond donors (Lipinski definition) is 1. The Bertz CT molecular complexity index is 642. The molecule has 1 fully saturated rings. The molecule has 23 heavy (non-hydrogen) atoms. The predicted octanol–water partition coefficient (Wildman–Crippen LogP) is 3.62. The Morgan fingerprint density at radius 2 is 1.96 bits per heavy atom. The van der Waals surface area contributed by atoms with E-state index in [-0.39, 0.29) is 5.91 Å². The summed E-state index contributed by atoms with van der Waals surface area (Å²) in [4.78, 5) is 23.2. The monoisotopic (exact) mass is 310 g/mol. The highest BCUT2D eigenvalue weighted by atomic mass is 16.2. The van der Waals surface area contributed by atoms with Crippen molar-refractivity contribution in [1.29, 1.82) is 0 Å². The van der Waals surface area contributed by atoms with Crippen molar-refractivity contribution >= 4 is 17.5 Å². The molecule has 2 aromatic rings. The zero-order valence-corrected chi connectivity index (χ0v) is 13.4. The zero-order chi connectivity index (χ0) is 16.1. The molecule has 1 saturated heterocycles. The van der Waals surface area contributed by atoms with Crippen molar-refractivity contribution in [2.45, 2.75) is 38.6 Å². The molecule has 0 aliphatic carbocycles. The van der Waals surface area contributed by atoms with E-state index >= 15 is 0 Å². The van der Waals surface area contributed by atoms with Crippen LogP contribution in [-0.4, -0.2) is 33.4 Å². The number of nitrogens with one attached hydrogen (secondary N) is 1. The van der Waals surface area contributed by atoms with E-state index in [1.807, 2.05) is 35.2 Å². The van der Waals surface area contributed by atoms with E-state index < -0.39 is 0 Å². The van der Waals surface area contributed by atoms with E-state index in [0.29, 0.717) is 17.6 Å². The number of carbonyl (C=O) groups is 1. The van der Waals surface area contributed by atoms with Crippen molar-refractivity contribution in [2.75, 3.05) is 11.9 Å². The fourth-order valence-electron chi connectivity index (χ4n) is 3.01. The molecule has 5 nitrogen and oxygen atoms in total. The molecular formula is C18H22N4O. The van der Waals surface area contributed by atoms with Gasteiger partial charge in [-0.05, 0) is 37.8 Å². The average Bonchev–Trinajstić information content (AvgIpc) is 2.62.